The van der Waals surface area contributed by atoms with Crippen molar-refractivity contribution in [2.45, 2.75) is 18.3 Å². The van der Waals surface area contributed by atoms with Gasteiger partial charge >= 0.3 is 0 Å². The molecule has 3 N–H and O–H groups in total. The quantitative estimate of drug-likeness (QED) is 0.621. The molecule has 8 heteroatoms. The molecule has 1 saturated heterocycles. The number of carbonyl (C=O) groups is 2. The molecule has 3 heterocycles. The summed E-state index contributed by atoms with van der Waals surface area (Å²) in [5, 5.41) is 3.20. The van der Waals surface area contributed by atoms with Gasteiger partial charge in [-0.15, -0.1) is 0 Å². The van der Waals surface area contributed by atoms with Crippen LogP contribution < -0.4 is 15.8 Å². The van der Waals surface area contributed by atoms with Crippen LogP contribution in [0.2, 0.25) is 0 Å². The molecule has 1 atom stereocenters. The third-order valence-electron chi connectivity index (χ3n) is 5.78. The fraction of sp³-hybridized carbons (Fsp3) is 0.250. The van der Waals surface area contributed by atoms with Gasteiger partial charge in [0.05, 0.1) is 18.4 Å². The third kappa shape index (κ3) is 4.12. The Balaban J connectivity index is 1.62. The summed E-state index contributed by atoms with van der Waals surface area (Å²) in [5.74, 6) is 0.426. The third-order valence-corrected chi connectivity index (χ3v) is 5.78. The molecule has 1 aromatic carbocycles. The van der Waals surface area contributed by atoms with Gasteiger partial charge in [-0.3, -0.25) is 14.6 Å². The lowest BCUT2D eigenvalue weighted by atomic mass is 9.76. The van der Waals surface area contributed by atoms with E-state index in [2.05, 4.69) is 15.3 Å². The number of aromatic nitrogens is 2. The Kier molecular flexibility index (Phi) is 6.02. The fourth-order valence-corrected chi connectivity index (χ4v) is 4.10. The molecule has 164 valence electrons. The minimum atomic E-state index is -1.02. The molecule has 0 bridgehead atoms. The van der Waals surface area contributed by atoms with E-state index in [1.807, 2.05) is 30.3 Å². The molecule has 1 fully saturated rings. The van der Waals surface area contributed by atoms with Crippen LogP contribution in [0.1, 0.15) is 28.9 Å². The standard InChI is InChI=1S/C24H25N5O3/c1-32-18-8-4-7-17(15-18)28-21-19(9-5-13-27-21)22(30)29-14-6-11-24(16-29,23(25)31)20-10-2-3-12-26-20/h2-5,7-10,12-13,15H,6,11,14,16H2,1H3,(H2,25,31)(H,27,28). The number of carbonyl (C=O) groups excluding carboxylic acids is 2. The first-order valence-electron chi connectivity index (χ1n) is 10.4. The summed E-state index contributed by atoms with van der Waals surface area (Å²) in [5.41, 5.74) is 6.57. The highest BCUT2D eigenvalue weighted by molar-refractivity contribution is 6.00. The lowest BCUT2D eigenvalue weighted by molar-refractivity contribution is -0.125. The van der Waals surface area contributed by atoms with Gasteiger partial charge < -0.3 is 20.7 Å². The van der Waals surface area contributed by atoms with Crippen LogP contribution in [0, 0.1) is 0 Å². The number of methoxy groups -OCH3 is 1. The topological polar surface area (TPSA) is 110 Å². The van der Waals surface area contributed by atoms with Crippen molar-refractivity contribution in [3.63, 3.8) is 0 Å². The van der Waals surface area contributed by atoms with E-state index in [0.29, 0.717) is 42.2 Å². The first-order valence-corrected chi connectivity index (χ1v) is 10.4. The predicted octanol–water partition coefficient (Wildman–Crippen LogP) is 2.89. The average molecular weight is 431 g/mol. The molecule has 3 aromatic rings. The summed E-state index contributed by atoms with van der Waals surface area (Å²) >= 11 is 0. The number of rotatable bonds is 6. The van der Waals surface area contributed by atoms with E-state index in [1.54, 1.807) is 48.7 Å². The van der Waals surface area contributed by atoms with Gasteiger partial charge in [-0.05, 0) is 49.2 Å². The number of ether oxygens (including phenoxy) is 1. The largest absolute Gasteiger partial charge is 0.497 e. The molecule has 1 aliphatic heterocycles. The van der Waals surface area contributed by atoms with E-state index in [0.717, 1.165) is 5.69 Å². The average Bonchev–Trinajstić information content (AvgIpc) is 2.84. The number of pyridine rings is 2. The molecule has 4 rings (SSSR count). The lowest BCUT2D eigenvalue weighted by Gasteiger charge is -2.40. The van der Waals surface area contributed by atoms with Crippen LogP contribution in [0.15, 0.2) is 67.0 Å². The number of piperidine rings is 1. The Labute approximate surface area is 186 Å². The molecule has 0 aliphatic carbocycles. The first kappa shape index (κ1) is 21.3. The molecule has 32 heavy (non-hydrogen) atoms. The maximum atomic E-state index is 13.5. The number of amides is 2. The maximum Gasteiger partial charge on any atom is 0.257 e. The van der Waals surface area contributed by atoms with Gasteiger partial charge in [-0.1, -0.05) is 12.1 Å². The number of anilines is 2. The predicted molar refractivity (Wildman–Crippen MR) is 121 cm³/mol. The minimum absolute atomic E-state index is 0.172. The molecular formula is C24H25N5O3. The molecular weight excluding hydrogens is 406 g/mol. The van der Waals surface area contributed by atoms with Crippen LogP contribution in [0.5, 0.6) is 5.75 Å². The molecule has 1 unspecified atom stereocenters. The van der Waals surface area contributed by atoms with Gasteiger partial charge in [0.1, 0.15) is 17.0 Å². The number of nitrogens with two attached hydrogens (primary N) is 1. The monoisotopic (exact) mass is 431 g/mol. The molecule has 0 spiro atoms. The van der Waals surface area contributed by atoms with Crippen LogP contribution in [-0.4, -0.2) is 46.9 Å². The van der Waals surface area contributed by atoms with E-state index >= 15 is 0 Å². The van der Waals surface area contributed by atoms with E-state index in [9.17, 15) is 9.59 Å². The minimum Gasteiger partial charge on any atom is -0.497 e. The first-order chi connectivity index (χ1) is 15.5. The van der Waals surface area contributed by atoms with Crippen LogP contribution in [0.25, 0.3) is 0 Å². The fourth-order valence-electron chi connectivity index (χ4n) is 4.10. The second-order valence-electron chi connectivity index (χ2n) is 7.75. The molecule has 0 radical (unpaired) electrons. The summed E-state index contributed by atoms with van der Waals surface area (Å²) in [6, 6.07) is 16.2. The van der Waals surface area contributed by atoms with Crippen LogP contribution in [0.4, 0.5) is 11.5 Å². The number of benzene rings is 1. The van der Waals surface area contributed by atoms with Crippen molar-refractivity contribution >= 4 is 23.3 Å². The van der Waals surface area contributed by atoms with Crippen LogP contribution in [0.3, 0.4) is 0 Å². The Morgan fingerprint density at radius 1 is 1.09 bits per heavy atom. The van der Waals surface area contributed by atoms with E-state index < -0.39 is 11.3 Å². The van der Waals surface area contributed by atoms with Crippen molar-refractivity contribution in [2.75, 3.05) is 25.5 Å². The number of hydrogen-bond donors (Lipinski definition) is 2. The zero-order valence-electron chi connectivity index (χ0n) is 17.8. The second-order valence-corrected chi connectivity index (χ2v) is 7.75. The Bertz CT molecular complexity index is 1120. The highest BCUT2D eigenvalue weighted by atomic mass is 16.5. The Hall–Kier alpha value is -3.94. The van der Waals surface area contributed by atoms with Crippen molar-refractivity contribution in [2.24, 2.45) is 5.73 Å². The zero-order valence-corrected chi connectivity index (χ0v) is 17.8. The highest BCUT2D eigenvalue weighted by Crippen LogP contribution is 2.34. The second kappa shape index (κ2) is 9.05. The number of hydrogen-bond acceptors (Lipinski definition) is 6. The van der Waals surface area contributed by atoms with Crippen molar-refractivity contribution in [1.82, 2.24) is 14.9 Å². The van der Waals surface area contributed by atoms with E-state index in [-0.39, 0.29) is 12.5 Å². The molecule has 0 saturated carbocycles. The summed E-state index contributed by atoms with van der Waals surface area (Å²) < 4.78 is 5.27. The van der Waals surface area contributed by atoms with Crippen molar-refractivity contribution < 1.29 is 14.3 Å². The van der Waals surface area contributed by atoms with Gasteiger partial charge in [-0.25, -0.2) is 4.98 Å². The van der Waals surface area contributed by atoms with Gasteiger partial charge in [0.2, 0.25) is 5.91 Å². The van der Waals surface area contributed by atoms with Crippen LogP contribution in [-0.2, 0) is 10.2 Å². The summed E-state index contributed by atoms with van der Waals surface area (Å²) in [6.07, 6.45) is 4.45. The normalized spacial score (nSPS) is 18.1. The lowest BCUT2D eigenvalue weighted by Crippen LogP contribution is -2.55. The summed E-state index contributed by atoms with van der Waals surface area (Å²) in [4.78, 5) is 36.5. The van der Waals surface area contributed by atoms with E-state index in [4.69, 9.17) is 10.5 Å². The number of nitrogens with one attached hydrogen (secondary N) is 1. The van der Waals surface area contributed by atoms with Gasteiger partial charge in [0, 0.05) is 37.2 Å². The molecule has 8 nitrogen and oxygen atoms in total. The number of likely N-dealkylation sites (tertiary alicyclic amines) is 1. The molecule has 2 amide bonds. The van der Waals surface area contributed by atoms with Gasteiger partial charge in [0.25, 0.3) is 5.91 Å². The van der Waals surface area contributed by atoms with Gasteiger partial charge in [0.15, 0.2) is 0 Å². The summed E-state index contributed by atoms with van der Waals surface area (Å²) in [7, 11) is 1.60. The number of primary amides is 1. The Morgan fingerprint density at radius 3 is 2.69 bits per heavy atom. The van der Waals surface area contributed by atoms with E-state index in [1.165, 1.54) is 0 Å². The van der Waals surface area contributed by atoms with Crippen molar-refractivity contribution in [1.29, 1.82) is 0 Å². The molecule has 2 aromatic heterocycles. The zero-order chi connectivity index (χ0) is 22.6. The SMILES string of the molecule is COc1cccc(Nc2ncccc2C(=O)N2CCCC(C(N)=O)(c3ccccn3)C2)c1. The highest BCUT2D eigenvalue weighted by Gasteiger charge is 2.45. The smallest absolute Gasteiger partial charge is 0.257 e. The van der Waals surface area contributed by atoms with Gasteiger partial charge in [-0.2, -0.15) is 0 Å². The van der Waals surface area contributed by atoms with Crippen LogP contribution >= 0.6 is 0 Å². The van der Waals surface area contributed by atoms with Crippen molar-refractivity contribution in [3.05, 3.63) is 78.2 Å². The number of nitrogens with zero attached hydrogens (tertiary/aromatic N) is 3. The maximum absolute atomic E-state index is 13.5. The summed E-state index contributed by atoms with van der Waals surface area (Å²) in [6.45, 7) is 0.694. The Morgan fingerprint density at radius 2 is 1.94 bits per heavy atom. The molecule has 1 aliphatic rings. The van der Waals surface area contributed by atoms with Crippen molar-refractivity contribution in [3.8, 4) is 5.75 Å².